The Balaban J connectivity index is 2.22. The summed E-state index contributed by atoms with van der Waals surface area (Å²) in [6, 6.07) is 0. The van der Waals surface area contributed by atoms with Gasteiger partial charge in [0.25, 0.3) is 0 Å². The third-order valence-corrected chi connectivity index (χ3v) is 4.34. The molecule has 1 N–H and O–H groups in total. The molecule has 5 nitrogen and oxygen atoms in total. The molecule has 0 radical (unpaired) electrons. The first-order valence-electron chi connectivity index (χ1n) is 7.53. The van der Waals surface area contributed by atoms with Crippen molar-refractivity contribution in [2.75, 3.05) is 14.2 Å². The number of aliphatic hydroxyl groups is 1. The number of aromatic nitrogens is 2. The summed E-state index contributed by atoms with van der Waals surface area (Å²) in [4.78, 5) is 0. The molecule has 0 bridgehead atoms. The summed E-state index contributed by atoms with van der Waals surface area (Å²) in [6.45, 7) is 2.71. The minimum absolute atomic E-state index is 0.189. The van der Waals surface area contributed by atoms with Gasteiger partial charge in [0.15, 0.2) is 5.75 Å². The van der Waals surface area contributed by atoms with Crippen molar-refractivity contribution in [2.24, 2.45) is 5.92 Å². The quantitative estimate of drug-likeness (QED) is 0.871. The van der Waals surface area contributed by atoms with Gasteiger partial charge < -0.3 is 14.6 Å². The summed E-state index contributed by atoms with van der Waals surface area (Å²) < 4.78 is 12.7. The molecule has 1 heterocycles. The van der Waals surface area contributed by atoms with Gasteiger partial charge in [-0.25, -0.2) is 0 Å². The second-order valence-corrected chi connectivity index (χ2v) is 5.46. The second kappa shape index (κ2) is 7.09. The molecule has 1 aromatic rings. The van der Waals surface area contributed by atoms with Crippen LogP contribution in [0.2, 0.25) is 0 Å². The summed E-state index contributed by atoms with van der Waals surface area (Å²) in [7, 11) is 3.29. The van der Waals surface area contributed by atoms with E-state index in [0.29, 0.717) is 18.2 Å². The van der Waals surface area contributed by atoms with Gasteiger partial charge in [0.2, 0.25) is 0 Å². The molecule has 114 valence electrons. The third kappa shape index (κ3) is 2.99. The van der Waals surface area contributed by atoms with Gasteiger partial charge >= 0.3 is 0 Å². The lowest BCUT2D eigenvalue weighted by molar-refractivity contribution is -0.0598. The molecule has 0 aromatic carbocycles. The molecule has 5 heteroatoms. The van der Waals surface area contributed by atoms with Crippen LogP contribution in [-0.4, -0.2) is 35.2 Å². The fourth-order valence-corrected chi connectivity index (χ4v) is 3.28. The summed E-state index contributed by atoms with van der Waals surface area (Å²) in [5, 5.41) is 15.0. The van der Waals surface area contributed by atoms with Crippen molar-refractivity contribution in [3.63, 3.8) is 0 Å². The number of ether oxygens (including phenoxy) is 2. The minimum atomic E-state index is -0.694. The first kappa shape index (κ1) is 15.3. The molecule has 1 saturated carbocycles. The van der Waals surface area contributed by atoms with E-state index in [0.717, 1.165) is 18.5 Å². The van der Waals surface area contributed by atoms with Crippen LogP contribution in [0.3, 0.4) is 0 Å². The van der Waals surface area contributed by atoms with Crippen molar-refractivity contribution in [2.45, 2.75) is 57.8 Å². The Kier molecular flexibility index (Phi) is 5.43. The fraction of sp³-hybridized carbons (Fsp3) is 0.800. The number of rotatable bonds is 6. The molecule has 20 heavy (non-hydrogen) atoms. The monoisotopic (exact) mass is 282 g/mol. The minimum Gasteiger partial charge on any atom is -0.493 e. The zero-order valence-electron chi connectivity index (χ0n) is 12.7. The molecule has 0 amide bonds. The summed E-state index contributed by atoms with van der Waals surface area (Å²) in [6.07, 6.45) is 6.76. The summed E-state index contributed by atoms with van der Waals surface area (Å²) >= 11 is 0. The van der Waals surface area contributed by atoms with E-state index >= 15 is 0 Å². The molecule has 1 aliphatic rings. The zero-order valence-corrected chi connectivity index (χ0v) is 12.7. The lowest BCUT2D eigenvalue weighted by Gasteiger charge is -2.32. The predicted octanol–water partition coefficient (Wildman–Crippen LogP) is 2.54. The zero-order chi connectivity index (χ0) is 14.5. The van der Waals surface area contributed by atoms with Crippen LogP contribution in [0.1, 0.15) is 50.8 Å². The molecule has 0 aliphatic heterocycles. The standard InChI is InChI=1S/C15H26N2O3/c1-4-17-13(12(19-2)10-16-17)14(18)15(20-3)11-8-6-5-7-9-11/h10-11,14-15,18H,4-9H2,1-3H3. The first-order chi connectivity index (χ1) is 9.72. The third-order valence-electron chi connectivity index (χ3n) is 4.34. The SMILES string of the molecule is CCn1ncc(OC)c1C(O)C(OC)C1CCCCC1. The fourth-order valence-electron chi connectivity index (χ4n) is 3.28. The number of hydrogen-bond donors (Lipinski definition) is 1. The van der Waals surface area contributed by atoms with Crippen LogP contribution in [0.4, 0.5) is 0 Å². The number of aliphatic hydroxyl groups excluding tert-OH is 1. The molecule has 0 saturated heterocycles. The summed E-state index contributed by atoms with van der Waals surface area (Å²) in [5.41, 5.74) is 0.729. The molecule has 2 unspecified atom stereocenters. The molecule has 1 aliphatic carbocycles. The molecular weight excluding hydrogens is 256 g/mol. The van der Waals surface area contributed by atoms with Crippen LogP contribution in [0, 0.1) is 5.92 Å². The Labute approximate surface area is 120 Å². The Hall–Kier alpha value is -1.07. The lowest BCUT2D eigenvalue weighted by Crippen LogP contribution is -2.32. The lowest BCUT2D eigenvalue weighted by atomic mass is 9.82. The van der Waals surface area contributed by atoms with E-state index in [-0.39, 0.29) is 6.10 Å². The van der Waals surface area contributed by atoms with E-state index in [4.69, 9.17) is 9.47 Å². The Morgan fingerprint density at radius 3 is 2.60 bits per heavy atom. The van der Waals surface area contributed by atoms with Crippen LogP contribution in [0.25, 0.3) is 0 Å². The number of nitrogens with zero attached hydrogens (tertiary/aromatic N) is 2. The van der Waals surface area contributed by atoms with Crippen molar-refractivity contribution < 1.29 is 14.6 Å². The maximum atomic E-state index is 10.8. The topological polar surface area (TPSA) is 56.5 Å². The van der Waals surface area contributed by atoms with Crippen LogP contribution in [0.5, 0.6) is 5.75 Å². The van der Waals surface area contributed by atoms with Crippen molar-refractivity contribution in [1.29, 1.82) is 0 Å². The van der Waals surface area contributed by atoms with Gasteiger partial charge in [-0.1, -0.05) is 19.3 Å². The van der Waals surface area contributed by atoms with Crippen LogP contribution >= 0.6 is 0 Å². The highest BCUT2D eigenvalue weighted by molar-refractivity contribution is 5.28. The van der Waals surface area contributed by atoms with Gasteiger partial charge in [-0.15, -0.1) is 0 Å². The number of methoxy groups -OCH3 is 2. The predicted molar refractivity (Wildman–Crippen MR) is 76.8 cm³/mol. The van der Waals surface area contributed by atoms with Crippen LogP contribution in [-0.2, 0) is 11.3 Å². The molecule has 0 spiro atoms. The van der Waals surface area contributed by atoms with Crippen LogP contribution < -0.4 is 4.74 Å². The van der Waals surface area contributed by atoms with E-state index in [9.17, 15) is 5.11 Å². The molecule has 2 atom stereocenters. The van der Waals surface area contributed by atoms with Gasteiger partial charge in [-0.3, -0.25) is 4.68 Å². The molecule has 2 rings (SSSR count). The maximum Gasteiger partial charge on any atom is 0.162 e. The average molecular weight is 282 g/mol. The molecule has 1 aromatic heterocycles. The van der Waals surface area contributed by atoms with Crippen molar-refractivity contribution in [3.8, 4) is 5.75 Å². The Morgan fingerprint density at radius 1 is 1.35 bits per heavy atom. The smallest absolute Gasteiger partial charge is 0.162 e. The summed E-state index contributed by atoms with van der Waals surface area (Å²) in [5.74, 6) is 1.05. The maximum absolute atomic E-state index is 10.8. The van der Waals surface area contributed by atoms with E-state index in [1.54, 1.807) is 25.1 Å². The van der Waals surface area contributed by atoms with Gasteiger partial charge in [-0.05, 0) is 25.7 Å². The Bertz CT molecular complexity index is 392. The van der Waals surface area contributed by atoms with Crippen LogP contribution in [0.15, 0.2) is 6.20 Å². The highest BCUT2D eigenvalue weighted by atomic mass is 16.5. The highest BCUT2D eigenvalue weighted by Crippen LogP contribution is 2.36. The van der Waals surface area contributed by atoms with Crippen molar-refractivity contribution in [3.05, 3.63) is 11.9 Å². The first-order valence-corrected chi connectivity index (χ1v) is 7.53. The van der Waals surface area contributed by atoms with Gasteiger partial charge in [-0.2, -0.15) is 5.10 Å². The van der Waals surface area contributed by atoms with Gasteiger partial charge in [0.05, 0.1) is 19.4 Å². The van der Waals surface area contributed by atoms with Crippen molar-refractivity contribution >= 4 is 0 Å². The Morgan fingerprint density at radius 2 is 2.05 bits per heavy atom. The second-order valence-electron chi connectivity index (χ2n) is 5.46. The highest BCUT2D eigenvalue weighted by Gasteiger charge is 2.34. The van der Waals surface area contributed by atoms with Gasteiger partial charge in [0, 0.05) is 13.7 Å². The average Bonchev–Trinajstić information content (AvgIpc) is 2.92. The number of hydrogen-bond acceptors (Lipinski definition) is 4. The van der Waals surface area contributed by atoms with E-state index < -0.39 is 6.10 Å². The normalized spacial score (nSPS) is 19.8. The van der Waals surface area contributed by atoms with E-state index in [1.165, 1.54) is 19.3 Å². The number of aryl methyl sites for hydroxylation is 1. The van der Waals surface area contributed by atoms with E-state index in [1.807, 2.05) is 6.92 Å². The van der Waals surface area contributed by atoms with E-state index in [2.05, 4.69) is 5.10 Å². The molecule has 1 fully saturated rings. The largest absolute Gasteiger partial charge is 0.493 e. The van der Waals surface area contributed by atoms with Crippen molar-refractivity contribution in [1.82, 2.24) is 9.78 Å². The molecular formula is C15H26N2O3. The van der Waals surface area contributed by atoms with Gasteiger partial charge in [0.1, 0.15) is 11.8 Å².